The van der Waals surface area contributed by atoms with Crippen molar-refractivity contribution in [2.75, 3.05) is 24.5 Å². The highest BCUT2D eigenvalue weighted by atomic mass is 16.1. The molecular formula is C23H26N4O. The number of nitrogens with zero attached hydrogens (tertiary/aromatic N) is 3. The minimum Gasteiger partial charge on any atom is -0.371 e. The number of fused-ring (bicyclic) bond motifs is 1. The number of benzene rings is 2. The number of hydrogen-bond acceptors (Lipinski definition) is 3. The Morgan fingerprint density at radius 2 is 1.96 bits per heavy atom. The maximum Gasteiger partial charge on any atom is 0.251 e. The van der Waals surface area contributed by atoms with E-state index in [1.807, 2.05) is 37.4 Å². The van der Waals surface area contributed by atoms with Crippen LogP contribution < -0.4 is 10.2 Å². The normalized spacial score (nSPS) is 12.8. The van der Waals surface area contributed by atoms with Crippen molar-refractivity contribution >= 4 is 11.6 Å². The third-order valence-electron chi connectivity index (χ3n) is 5.37. The molecule has 0 aliphatic carbocycles. The molecule has 28 heavy (non-hydrogen) atoms. The van der Waals surface area contributed by atoms with Gasteiger partial charge in [0.15, 0.2) is 0 Å². The summed E-state index contributed by atoms with van der Waals surface area (Å²) in [5, 5.41) is 3.04. The van der Waals surface area contributed by atoms with Crippen LogP contribution in [0.1, 0.15) is 33.7 Å². The first-order valence-corrected chi connectivity index (χ1v) is 9.88. The molecule has 0 spiro atoms. The van der Waals surface area contributed by atoms with Crippen LogP contribution in [0.2, 0.25) is 0 Å². The Morgan fingerprint density at radius 1 is 1.14 bits per heavy atom. The average molecular weight is 374 g/mol. The summed E-state index contributed by atoms with van der Waals surface area (Å²) in [6.45, 7) is 5.49. The Balaban J connectivity index is 1.24. The molecule has 2 heterocycles. The van der Waals surface area contributed by atoms with Gasteiger partial charge in [0, 0.05) is 49.8 Å². The minimum atomic E-state index is -0.00724. The maximum atomic E-state index is 12.4. The Morgan fingerprint density at radius 3 is 2.75 bits per heavy atom. The van der Waals surface area contributed by atoms with E-state index < -0.39 is 0 Å². The Bertz CT molecular complexity index is 945. The van der Waals surface area contributed by atoms with Crippen LogP contribution in [0.3, 0.4) is 0 Å². The van der Waals surface area contributed by atoms with Gasteiger partial charge >= 0.3 is 0 Å². The molecule has 0 bridgehead atoms. The molecule has 2 aromatic carbocycles. The number of para-hydroxylation sites is 1. The molecule has 1 N–H and O–H groups in total. The summed E-state index contributed by atoms with van der Waals surface area (Å²) in [4.78, 5) is 19.0. The molecule has 0 fully saturated rings. The first-order chi connectivity index (χ1) is 13.7. The van der Waals surface area contributed by atoms with E-state index >= 15 is 0 Å². The van der Waals surface area contributed by atoms with E-state index in [9.17, 15) is 4.79 Å². The van der Waals surface area contributed by atoms with E-state index in [1.54, 1.807) is 6.20 Å². The fourth-order valence-corrected chi connectivity index (χ4v) is 3.74. The second-order valence-corrected chi connectivity index (χ2v) is 7.27. The van der Waals surface area contributed by atoms with Crippen LogP contribution in [0.25, 0.3) is 0 Å². The van der Waals surface area contributed by atoms with E-state index in [2.05, 4.69) is 44.0 Å². The average Bonchev–Trinajstić information content (AvgIpc) is 3.32. The van der Waals surface area contributed by atoms with Crippen LogP contribution in [-0.4, -0.2) is 35.1 Å². The third-order valence-corrected chi connectivity index (χ3v) is 5.37. The first-order valence-electron chi connectivity index (χ1n) is 9.88. The van der Waals surface area contributed by atoms with Gasteiger partial charge in [0.05, 0.1) is 0 Å². The molecular weight excluding hydrogens is 348 g/mol. The highest BCUT2D eigenvalue weighted by Crippen LogP contribution is 2.27. The second-order valence-electron chi connectivity index (χ2n) is 7.27. The number of imidazole rings is 1. The van der Waals surface area contributed by atoms with Crippen molar-refractivity contribution in [2.45, 2.75) is 26.3 Å². The SMILES string of the molecule is Cc1nccn1Cc1ccc(C(=O)NCCCN2CCc3ccccc32)cc1. The summed E-state index contributed by atoms with van der Waals surface area (Å²) < 4.78 is 2.09. The lowest BCUT2D eigenvalue weighted by Gasteiger charge is -2.19. The van der Waals surface area contributed by atoms with Crippen molar-refractivity contribution in [2.24, 2.45) is 0 Å². The molecule has 0 saturated heterocycles. The lowest BCUT2D eigenvalue weighted by atomic mass is 10.1. The molecule has 144 valence electrons. The van der Waals surface area contributed by atoms with Gasteiger partial charge in [-0.15, -0.1) is 0 Å². The van der Waals surface area contributed by atoms with E-state index in [0.29, 0.717) is 12.1 Å². The number of amides is 1. The number of anilines is 1. The van der Waals surface area contributed by atoms with Gasteiger partial charge in [0.25, 0.3) is 5.91 Å². The summed E-state index contributed by atoms with van der Waals surface area (Å²) in [5.41, 5.74) is 4.64. The van der Waals surface area contributed by atoms with E-state index in [0.717, 1.165) is 43.9 Å². The number of aryl methyl sites for hydroxylation is 1. The molecule has 3 aromatic rings. The number of carbonyl (C=O) groups excluding carboxylic acids is 1. The Kier molecular flexibility index (Phi) is 5.42. The van der Waals surface area contributed by atoms with Crippen LogP contribution in [-0.2, 0) is 13.0 Å². The van der Waals surface area contributed by atoms with Crippen molar-refractivity contribution in [3.8, 4) is 0 Å². The molecule has 5 nitrogen and oxygen atoms in total. The molecule has 0 atom stereocenters. The first kappa shape index (κ1) is 18.3. The van der Waals surface area contributed by atoms with Gasteiger partial charge < -0.3 is 14.8 Å². The predicted molar refractivity (Wildman–Crippen MR) is 112 cm³/mol. The van der Waals surface area contributed by atoms with Gasteiger partial charge in [-0.3, -0.25) is 4.79 Å². The van der Waals surface area contributed by atoms with Gasteiger partial charge in [-0.2, -0.15) is 0 Å². The van der Waals surface area contributed by atoms with Gasteiger partial charge in [0.1, 0.15) is 5.82 Å². The maximum absolute atomic E-state index is 12.4. The third kappa shape index (κ3) is 4.09. The van der Waals surface area contributed by atoms with Crippen LogP contribution >= 0.6 is 0 Å². The van der Waals surface area contributed by atoms with Crippen molar-refractivity contribution in [1.29, 1.82) is 0 Å². The van der Waals surface area contributed by atoms with E-state index in [-0.39, 0.29) is 5.91 Å². The largest absolute Gasteiger partial charge is 0.371 e. The summed E-state index contributed by atoms with van der Waals surface area (Å²) >= 11 is 0. The zero-order valence-electron chi connectivity index (χ0n) is 16.3. The monoisotopic (exact) mass is 374 g/mol. The molecule has 1 amide bonds. The number of nitrogens with one attached hydrogen (secondary N) is 1. The molecule has 1 aromatic heterocycles. The van der Waals surface area contributed by atoms with Crippen molar-refractivity contribution in [1.82, 2.24) is 14.9 Å². The zero-order chi connectivity index (χ0) is 19.3. The number of rotatable bonds is 7. The van der Waals surface area contributed by atoms with Crippen molar-refractivity contribution in [3.05, 3.63) is 83.4 Å². The van der Waals surface area contributed by atoms with Crippen LogP contribution in [0, 0.1) is 6.92 Å². The fraction of sp³-hybridized carbons (Fsp3) is 0.304. The van der Waals surface area contributed by atoms with E-state index in [4.69, 9.17) is 0 Å². The summed E-state index contributed by atoms with van der Waals surface area (Å²) in [5.74, 6) is 0.981. The summed E-state index contributed by atoms with van der Waals surface area (Å²) in [6.07, 6.45) is 5.83. The van der Waals surface area contributed by atoms with Gasteiger partial charge in [-0.05, 0) is 49.1 Å². The topological polar surface area (TPSA) is 50.2 Å². The number of hydrogen-bond donors (Lipinski definition) is 1. The summed E-state index contributed by atoms with van der Waals surface area (Å²) in [7, 11) is 0. The molecule has 0 unspecified atom stereocenters. The Labute approximate surface area is 166 Å². The van der Waals surface area contributed by atoms with Gasteiger partial charge in [0.2, 0.25) is 0 Å². The zero-order valence-corrected chi connectivity index (χ0v) is 16.3. The van der Waals surface area contributed by atoms with Crippen molar-refractivity contribution < 1.29 is 4.79 Å². The van der Waals surface area contributed by atoms with Crippen LogP contribution in [0.15, 0.2) is 60.9 Å². The number of aromatic nitrogens is 2. The second kappa shape index (κ2) is 8.30. The molecule has 0 radical (unpaired) electrons. The predicted octanol–water partition coefficient (Wildman–Crippen LogP) is 3.42. The standard InChI is InChI=1S/C23H26N4O/c1-18-24-13-16-27(18)17-19-7-9-21(10-8-19)23(28)25-12-4-14-26-15-11-20-5-2-3-6-22(20)26/h2-3,5-10,13,16H,4,11-12,14-15,17H2,1H3,(H,25,28). The lowest BCUT2D eigenvalue weighted by Crippen LogP contribution is -2.29. The van der Waals surface area contributed by atoms with E-state index in [1.165, 1.54) is 11.3 Å². The molecule has 0 saturated carbocycles. The van der Waals surface area contributed by atoms with Gasteiger partial charge in [-0.1, -0.05) is 30.3 Å². The fourth-order valence-electron chi connectivity index (χ4n) is 3.74. The van der Waals surface area contributed by atoms with Gasteiger partial charge in [-0.25, -0.2) is 4.98 Å². The molecule has 1 aliphatic rings. The summed E-state index contributed by atoms with van der Waals surface area (Å²) in [6, 6.07) is 16.4. The van der Waals surface area contributed by atoms with Crippen molar-refractivity contribution in [3.63, 3.8) is 0 Å². The minimum absolute atomic E-state index is 0.00724. The van der Waals surface area contributed by atoms with Crippen LogP contribution in [0.4, 0.5) is 5.69 Å². The lowest BCUT2D eigenvalue weighted by molar-refractivity contribution is 0.0953. The molecule has 1 aliphatic heterocycles. The highest BCUT2D eigenvalue weighted by Gasteiger charge is 2.17. The highest BCUT2D eigenvalue weighted by molar-refractivity contribution is 5.94. The van der Waals surface area contributed by atoms with Crippen LogP contribution in [0.5, 0.6) is 0 Å². The number of carbonyl (C=O) groups is 1. The smallest absolute Gasteiger partial charge is 0.251 e. The quantitative estimate of drug-likeness (QED) is 0.645. The Hall–Kier alpha value is -3.08. The molecule has 4 rings (SSSR count). The molecule has 5 heteroatoms.